The van der Waals surface area contributed by atoms with Crippen molar-refractivity contribution in [1.29, 1.82) is 5.26 Å². The molecule has 3 rings (SSSR count). The molecule has 0 atom stereocenters. The van der Waals surface area contributed by atoms with E-state index in [9.17, 15) is 5.26 Å². The number of nitrogens with two attached hydrogens (primary N) is 1. The first kappa shape index (κ1) is 18.5. The summed E-state index contributed by atoms with van der Waals surface area (Å²) in [6.45, 7) is 4.56. The zero-order valence-corrected chi connectivity index (χ0v) is 15.5. The van der Waals surface area contributed by atoms with E-state index in [4.69, 9.17) is 10.5 Å². The molecule has 0 saturated heterocycles. The van der Waals surface area contributed by atoms with Gasteiger partial charge in [0, 0.05) is 25.4 Å². The molecule has 0 amide bonds. The van der Waals surface area contributed by atoms with Crippen LogP contribution in [-0.4, -0.2) is 31.3 Å². The molecule has 0 bridgehead atoms. The van der Waals surface area contributed by atoms with Gasteiger partial charge in [0.25, 0.3) is 0 Å². The molecule has 0 radical (unpaired) electrons. The Morgan fingerprint density at radius 2 is 2.00 bits per heavy atom. The number of nitrogens with zero attached hydrogens (tertiary/aromatic N) is 6. The van der Waals surface area contributed by atoms with Crippen LogP contribution in [0.1, 0.15) is 36.7 Å². The summed E-state index contributed by atoms with van der Waals surface area (Å²) < 4.78 is 7.56. The number of aryl methyl sites for hydroxylation is 1. The molecule has 2 N–H and O–H groups in total. The molecule has 0 aliphatic rings. The number of ether oxygens (including phenoxy) is 1. The summed E-state index contributed by atoms with van der Waals surface area (Å²) >= 11 is 0. The minimum atomic E-state index is 0.178. The number of benzene rings is 1. The minimum absolute atomic E-state index is 0.178. The zero-order valence-electron chi connectivity index (χ0n) is 15.5. The van der Waals surface area contributed by atoms with Gasteiger partial charge in [0.2, 0.25) is 0 Å². The highest BCUT2D eigenvalue weighted by atomic mass is 16.5. The van der Waals surface area contributed by atoms with Crippen LogP contribution in [0.15, 0.2) is 30.6 Å². The van der Waals surface area contributed by atoms with Gasteiger partial charge in [-0.25, -0.2) is 14.6 Å². The fraction of sp³-hybridized carbons (Fsp3) is 0.316. The van der Waals surface area contributed by atoms with Gasteiger partial charge in [0.15, 0.2) is 11.6 Å². The lowest BCUT2D eigenvalue weighted by Crippen LogP contribution is -2.04. The molecule has 2 heterocycles. The van der Waals surface area contributed by atoms with Crippen LogP contribution in [0.3, 0.4) is 0 Å². The topological polar surface area (TPSA) is 116 Å². The first-order valence-electron chi connectivity index (χ1n) is 8.66. The molecule has 8 heteroatoms. The second-order valence-corrected chi connectivity index (χ2v) is 6.41. The molecular formula is C19H21N7O. The average Bonchev–Trinajstić information content (AvgIpc) is 3.03. The van der Waals surface area contributed by atoms with E-state index >= 15 is 0 Å². The predicted molar refractivity (Wildman–Crippen MR) is 100 cm³/mol. The van der Waals surface area contributed by atoms with Gasteiger partial charge in [-0.05, 0) is 36.7 Å². The van der Waals surface area contributed by atoms with E-state index in [1.54, 1.807) is 42.3 Å². The third-order valence-corrected chi connectivity index (χ3v) is 3.95. The first-order chi connectivity index (χ1) is 13.0. The Hall–Kier alpha value is -3.31. The highest BCUT2D eigenvalue weighted by molar-refractivity contribution is 5.66. The summed E-state index contributed by atoms with van der Waals surface area (Å²) in [7, 11) is 1.76. The molecule has 0 spiro atoms. The van der Waals surface area contributed by atoms with Crippen LogP contribution >= 0.6 is 0 Å². The molecule has 138 valence electrons. The predicted octanol–water partition coefficient (Wildman–Crippen LogP) is 2.56. The van der Waals surface area contributed by atoms with Gasteiger partial charge in [0.05, 0.1) is 17.2 Å². The fourth-order valence-electron chi connectivity index (χ4n) is 2.47. The maximum absolute atomic E-state index is 9.23. The molecular weight excluding hydrogens is 342 g/mol. The summed E-state index contributed by atoms with van der Waals surface area (Å²) in [5.74, 6) is 1.82. The molecule has 8 nitrogen and oxygen atoms in total. The van der Waals surface area contributed by atoms with Crippen molar-refractivity contribution in [3.63, 3.8) is 0 Å². The van der Waals surface area contributed by atoms with Crippen molar-refractivity contribution in [2.75, 3.05) is 6.54 Å². The van der Waals surface area contributed by atoms with Gasteiger partial charge in [-0.3, -0.25) is 0 Å². The summed E-state index contributed by atoms with van der Waals surface area (Å²) in [4.78, 5) is 13.2. The fourth-order valence-corrected chi connectivity index (χ4v) is 2.47. The second kappa shape index (κ2) is 7.93. The SMILES string of the molecule is CC(C)c1nc(Oc2cc(C#N)ccc2-c2ncc(CCN)cn2)n(C)n1. The molecule has 2 aromatic heterocycles. The van der Waals surface area contributed by atoms with E-state index in [-0.39, 0.29) is 5.92 Å². The van der Waals surface area contributed by atoms with Gasteiger partial charge < -0.3 is 10.5 Å². The van der Waals surface area contributed by atoms with Crippen molar-refractivity contribution < 1.29 is 4.74 Å². The quantitative estimate of drug-likeness (QED) is 0.715. The number of hydrogen-bond acceptors (Lipinski definition) is 7. The molecule has 0 aliphatic carbocycles. The highest BCUT2D eigenvalue weighted by Gasteiger charge is 2.16. The third kappa shape index (κ3) is 4.10. The van der Waals surface area contributed by atoms with Crippen LogP contribution in [0.5, 0.6) is 11.8 Å². The molecule has 0 unspecified atom stereocenters. The van der Waals surface area contributed by atoms with Crippen LogP contribution in [-0.2, 0) is 13.5 Å². The Balaban J connectivity index is 2.00. The molecule has 1 aromatic carbocycles. The van der Waals surface area contributed by atoms with Crippen molar-refractivity contribution in [2.45, 2.75) is 26.2 Å². The monoisotopic (exact) mass is 363 g/mol. The molecule has 0 saturated carbocycles. The normalized spacial score (nSPS) is 10.8. The Labute approximate surface area is 157 Å². The van der Waals surface area contributed by atoms with E-state index in [1.807, 2.05) is 13.8 Å². The van der Waals surface area contributed by atoms with Crippen molar-refractivity contribution in [2.24, 2.45) is 12.8 Å². The Morgan fingerprint density at radius 1 is 1.26 bits per heavy atom. The van der Waals surface area contributed by atoms with Crippen molar-refractivity contribution in [1.82, 2.24) is 24.7 Å². The molecule has 0 fully saturated rings. The number of rotatable bonds is 6. The lowest BCUT2D eigenvalue weighted by molar-refractivity contribution is 0.416. The summed E-state index contributed by atoms with van der Waals surface area (Å²) in [5, 5.41) is 13.6. The van der Waals surface area contributed by atoms with Crippen molar-refractivity contribution in [3.8, 4) is 29.2 Å². The Bertz CT molecular complexity index is 971. The Kier molecular flexibility index (Phi) is 5.43. The summed E-state index contributed by atoms with van der Waals surface area (Å²) in [6, 6.07) is 7.58. The number of nitriles is 1. The van der Waals surface area contributed by atoms with Crippen molar-refractivity contribution >= 4 is 0 Å². The largest absolute Gasteiger partial charge is 0.424 e. The van der Waals surface area contributed by atoms with Gasteiger partial charge in [-0.2, -0.15) is 15.3 Å². The van der Waals surface area contributed by atoms with Crippen LogP contribution in [0.4, 0.5) is 0 Å². The van der Waals surface area contributed by atoms with Crippen LogP contribution in [0.2, 0.25) is 0 Å². The maximum atomic E-state index is 9.23. The van der Waals surface area contributed by atoms with E-state index in [0.717, 1.165) is 5.56 Å². The number of aromatic nitrogens is 5. The van der Waals surface area contributed by atoms with E-state index < -0.39 is 0 Å². The molecule has 3 aromatic rings. The third-order valence-electron chi connectivity index (χ3n) is 3.95. The summed E-state index contributed by atoms with van der Waals surface area (Å²) in [5.41, 5.74) is 7.67. The second-order valence-electron chi connectivity index (χ2n) is 6.41. The lowest BCUT2D eigenvalue weighted by atomic mass is 10.1. The highest BCUT2D eigenvalue weighted by Crippen LogP contribution is 2.32. The standard InChI is InChI=1S/C19H21N7O/c1-12(2)17-24-19(26(3)25-17)27-16-8-13(9-21)4-5-15(16)18-22-10-14(6-7-20)11-23-18/h4-5,8,10-12H,6-7,20H2,1-3H3. The smallest absolute Gasteiger partial charge is 0.320 e. The van der Waals surface area contributed by atoms with Crippen molar-refractivity contribution in [3.05, 3.63) is 47.5 Å². The van der Waals surface area contributed by atoms with Gasteiger partial charge in [-0.15, -0.1) is 0 Å². The maximum Gasteiger partial charge on any atom is 0.320 e. The van der Waals surface area contributed by atoms with Crippen LogP contribution < -0.4 is 10.5 Å². The van der Waals surface area contributed by atoms with E-state index in [1.165, 1.54) is 0 Å². The van der Waals surface area contributed by atoms with Crippen LogP contribution in [0, 0.1) is 11.3 Å². The van der Waals surface area contributed by atoms with Crippen LogP contribution in [0.25, 0.3) is 11.4 Å². The number of hydrogen-bond donors (Lipinski definition) is 1. The first-order valence-corrected chi connectivity index (χ1v) is 8.66. The van der Waals surface area contributed by atoms with Gasteiger partial charge in [0.1, 0.15) is 5.75 Å². The van der Waals surface area contributed by atoms with E-state index in [0.29, 0.717) is 47.5 Å². The molecule has 0 aliphatic heterocycles. The molecule has 27 heavy (non-hydrogen) atoms. The van der Waals surface area contributed by atoms with Gasteiger partial charge >= 0.3 is 6.01 Å². The van der Waals surface area contributed by atoms with E-state index in [2.05, 4.69) is 26.1 Å². The summed E-state index contributed by atoms with van der Waals surface area (Å²) in [6.07, 6.45) is 4.21. The zero-order chi connectivity index (χ0) is 19.4. The average molecular weight is 363 g/mol. The minimum Gasteiger partial charge on any atom is -0.424 e. The Morgan fingerprint density at radius 3 is 2.59 bits per heavy atom. The lowest BCUT2D eigenvalue weighted by Gasteiger charge is -2.10. The van der Waals surface area contributed by atoms with Gasteiger partial charge in [-0.1, -0.05) is 13.8 Å².